The summed E-state index contributed by atoms with van der Waals surface area (Å²) in [5.74, 6) is 0.432. The molecule has 14 heavy (non-hydrogen) atoms. The van der Waals surface area contributed by atoms with E-state index in [0.29, 0.717) is 0 Å². The van der Waals surface area contributed by atoms with E-state index in [1.807, 2.05) is 34.6 Å². The van der Waals surface area contributed by atoms with Crippen LogP contribution in [0.25, 0.3) is 0 Å². The second kappa shape index (κ2) is 3.48. The highest BCUT2D eigenvalue weighted by molar-refractivity contribution is 6.08. The number of Topliss-reactive ketones (excluding diaryl/α,β-unsaturated/α-hetero) is 2. The third kappa shape index (κ3) is 1.89. The third-order valence-corrected chi connectivity index (χ3v) is 3.08. The van der Waals surface area contributed by atoms with Crippen molar-refractivity contribution in [1.29, 1.82) is 0 Å². The molecule has 80 valence electrons. The van der Waals surface area contributed by atoms with E-state index in [1.54, 1.807) is 0 Å². The van der Waals surface area contributed by atoms with E-state index < -0.39 is 0 Å². The summed E-state index contributed by atoms with van der Waals surface area (Å²) in [5.41, 5.74) is -0.0851. The molecule has 0 aromatic rings. The molecular weight excluding hydrogens is 176 g/mol. The molecule has 1 aliphatic carbocycles. The van der Waals surface area contributed by atoms with Crippen LogP contribution >= 0.6 is 0 Å². The van der Waals surface area contributed by atoms with Crippen molar-refractivity contribution in [2.45, 2.75) is 41.0 Å². The van der Waals surface area contributed by atoms with Gasteiger partial charge in [0.15, 0.2) is 0 Å². The fourth-order valence-corrected chi connectivity index (χ4v) is 2.56. The second-order valence-electron chi connectivity index (χ2n) is 5.72. The van der Waals surface area contributed by atoms with Crippen molar-refractivity contribution in [2.24, 2.45) is 23.2 Å². The molecule has 0 aliphatic heterocycles. The lowest BCUT2D eigenvalue weighted by atomic mass is 9.71. The van der Waals surface area contributed by atoms with Crippen molar-refractivity contribution in [3.05, 3.63) is 0 Å². The van der Waals surface area contributed by atoms with Crippen molar-refractivity contribution < 1.29 is 9.59 Å². The van der Waals surface area contributed by atoms with Gasteiger partial charge in [-0.1, -0.05) is 34.6 Å². The minimum Gasteiger partial charge on any atom is -0.299 e. The molecule has 1 saturated carbocycles. The van der Waals surface area contributed by atoms with Crippen LogP contribution in [0.5, 0.6) is 0 Å². The summed E-state index contributed by atoms with van der Waals surface area (Å²) >= 11 is 0. The first-order valence-corrected chi connectivity index (χ1v) is 5.30. The standard InChI is InChI=1S/C12H20O2/c1-7(2)10-8(13)6-9(14)11(10)12(3,4)5/h7,10-11H,6H2,1-5H3. The molecule has 0 radical (unpaired) electrons. The van der Waals surface area contributed by atoms with Crippen LogP contribution < -0.4 is 0 Å². The molecule has 0 amide bonds. The average Bonchev–Trinajstić information content (AvgIpc) is 2.23. The van der Waals surface area contributed by atoms with Gasteiger partial charge in [0, 0.05) is 11.8 Å². The number of carbonyl (C=O) groups excluding carboxylic acids is 2. The Balaban J connectivity index is 3.01. The number of carbonyl (C=O) groups is 2. The molecular formula is C12H20O2. The first-order valence-electron chi connectivity index (χ1n) is 5.30. The highest BCUT2D eigenvalue weighted by Crippen LogP contribution is 2.42. The molecule has 1 aliphatic rings. The number of ketones is 2. The molecule has 0 saturated heterocycles. The molecule has 1 rings (SSSR count). The van der Waals surface area contributed by atoms with E-state index in [0.717, 1.165) is 0 Å². The largest absolute Gasteiger partial charge is 0.299 e. The number of hydrogen-bond acceptors (Lipinski definition) is 2. The first kappa shape index (κ1) is 11.4. The summed E-state index contributed by atoms with van der Waals surface area (Å²) in [4.78, 5) is 23.4. The molecule has 0 spiro atoms. The Labute approximate surface area is 86.1 Å². The van der Waals surface area contributed by atoms with Crippen LogP contribution in [0, 0.1) is 23.2 Å². The zero-order valence-electron chi connectivity index (χ0n) is 9.76. The maximum Gasteiger partial charge on any atom is 0.144 e. The highest BCUT2D eigenvalue weighted by atomic mass is 16.2. The van der Waals surface area contributed by atoms with Crippen LogP contribution in [0.15, 0.2) is 0 Å². The van der Waals surface area contributed by atoms with E-state index in [1.165, 1.54) is 0 Å². The fraction of sp³-hybridized carbons (Fsp3) is 0.833. The Morgan fingerprint density at radius 3 is 1.93 bits per heavy atom. The van der Waals surface area contributed by atoms with E-state index in [9.17, 15) is 9.59 Å². The summed E-state index contributed by atoms with van der Waals surface area (Å²) < 4.78 is 0. The predicted molar refractivity (Wildman–Crippen MR) is 55.9 cm³/mol. The van der Waals surface area contributed by atoms with Crippen LogP contribution in [0.4, 0.5) is 0 Å². The van der Waals surface area contributed by atoms with E-state index >= 15 is 0 Å². The maximum atomic E-state index is 11.7. The molecule has 0 aromatic heterocycles. The minimum atomic E-state index is -0.0851. The monoisotopic (exact) mass is 196 g/mol. The summed E-state index contributed by atoms with van der Waals surface area (Å²) in [7, 11) is 0. The lowest BCUT2D eigenvalue weighted by molar-refractivity contribution is -0.124. The summed E-state index contributed by atoms with van der Waals surface area (Å²) in [6.45, 7) is 10.2. The van der Waals surface area contributed by atoms with Crippen molar-refractivity contribution in [1.82, 2.24) is 0 Å². The van der Waals surface area contributed by atoms with Gasteiger partial charge in [-0.2, -0.15) is 0 Å². The van der Waals surface area contributed by atoms with Gasteiger partial charge in [0.05, 0.1) is 6.42 Å². The molecule has 0 aromatic carbocycles. The summed E-state index contributed by atoms with van der Waals surface area (Å²) in [5, 5.41) is 0. The molecule has 2 unspecified atom stereocenters. The van der Waals surface area contributed by atoms with Gasteiger partial charge in [0.1, 0.15) is 11.6 Å². The Hall–Kier alpha value is -0.660. The molecule has 0 bridgehead atoms. The lowest BCUT2D eigenvalue weighted by Crippen LogP contribution is -2.33. The van der Waals surface area contributed by atoms with Crippen LogP contribution in [0.3, 0.4) is 0 Å². The molecule has 0 N–H and O–H groups in total. The van der Waals surface area contributed by atoms with Crippen molar-refractivity contribution in [2.75, 3.05) is 0 Å². The van der Waals surface area contributed by atoms with Crippen LogP contribution in [-0.4, -0.2) is 11.6 Å². The smallest absolute Gasteiger partial charge is 0.144 e. The van der Waals surface area contributed by atoms with Gasteiger partial charge in [0.25, 0.3) is 0 Å². The fourth-order valence-electron chi connectivity index (χ4n) is 2.56. The van der Waals surface area contributed by atoms with Crippen molar-refractivity contribution >= 4 is 11.6 Å². The van der Waals surface area contributed by atoms with Crippen LogP contribution in [0.2, 0.25) is 0 Å². The van der Waals surface area contributed by atoms with E-state index in [2.05, 4.69) is 0 Å². The molecule has 0 heterocycles. The zero-order valence-corrected chi connectivity index (χ0v) is 9.76. The molecule has 2 heteroatoms. The van der Waals surface area contributed by atoms with Crippen LogP contribution in [0.1, 0.15) is 41.0 Å². The van der Waals surface area contributed by atoms with Gasteiger partial charge >= 0.3 is 0 Å². The van der Waals surface area contributed by atoms with Gasteiger partial charge < -0.3 is 0 Å². The van der Waals surface area contributed by atoms with Gasteiger partial charge in [0.2, 0.25) is 0 Å². The SMILES string of the molecule is CC(C)C1C(=O)CC(=O)C1C(C)(C)C. The minimum absolute atomic E-state index is 0.0532. The van der Waals surface area contributed by atoms with Gasteiger partial charge in [-0.05, 0) is 11.3 Å². The summed E-state index contributed by atoms with van der Waals surface area (Å²) in [6.07, 6.45) is 0.158. The van der Waals surface area contributed by atoms with Gasteiger partial charge in [-0.3, -0.25) is 9.59 Å². The van der Waals surface area contributed by atoms with Crippen molar-refractivity contribution in [3.63, 3.8) is 0 Å². The Morgan fingerprint density at radius 2 is 1.64 bits per heavy atom. The Kier molecular flexibility index (Phi) is 2.84. The maximum absolute atomic E-state index is 11.7. The molecule has 1 fully saturated rings. The Bertz CT molecular complexity index is 258. The van der Waals surface area contributed by atoms with Crippen LogP contribution in [-0.2, 0) is 9.59 Å². The van der Waals surface area contributed by atoms with Crippen molar-refractivity contribution in [3.8, 4) is 0 Å². The predicted octanol–water partition coefficient (Wildman–Crippen LogP) is 2.46. The van der Waals surface area contributed by atoms with E-state index in [-0.39, 0.29) is 41.2 Å². The second-order valence-corrected chi connectivity index (χ2v) is 5.72. The van der Waals surface area contributed by atoms with Gasteiger partial charge in [-0.25, -0.2) is 0 Å². The lowest BCUT2D eigenvalue weighted by Gasteiger charge is -2.31. The topological polar surface area (TPSA) is 34.1 Å². The number of rotatable bonds is 1. The first-order chi connectivity index (χ1) is 6.25. The third-order valence-electron chi connectivity index (χ3n) is 3.08. The van der Waals surface area contributed by atoms with Gasteiger partial charge in [-0.15, -0.1) is 0 Å². The average molecular weight is 196 g/mol. The normalized spacial score (nSPS) is 29.0. The van der Waals surface area contributed by atoms with E-state index in [4.69, 9.17) is 0 Å². The summed E-state index contributed by atoms with van der Waals surface area (Å²) in [6, 6.07) is 0. The highest BCUT2D eigenvalue weighted by Gasteiger charge is 2.48. The Morgan fingerprint density at radius 1 is 1.14 bits per heavy atom. The zero-order chi connectivity index (χ0) is 11.1. The quantitative estimate of drug-likeness (QED) is 0.604. The number of hydrogen-bond donors (Lipinski definition) is 0. The molecule has 2 atom stereocenters. The molecule has 2 nitrogen and oxygen atoms in total.